The molecule has 0 heterocycles. The summed E-state index contributed by atoms with van der Waals surface area (Å²) in [4.78, 5) is 0. The van der Waals surface area contributed by atoms with Crippen molar-refractivity contribution < 1.29 is 13.2 Å². The Labute approximate surface area is 111 Å². The molecule has 19 heavy (non-hydrogen) atoms. The van der Waals surface area contributed by atoms with E-state index in [9.17, 15) is 13.2 Å². The monoisotopic (exact) mass is 269 g/mol. The number of hydrogen-bond donors (Lipinski definition) is 1. The minimum absolute atomic E-state index is 0.300. The van der Waals surface area contributed by atoms with Crippen molar-refractivity contribution in [2.75, 3.05) is 6.54 Å². The molecule has 0 saturated heterocycles. The van der Waals surface area contributed by atoms with E-state index >= 15 is 0 Å². The molecule has 2 aliphatic rings. The van der Waals surface area contributed by atoms with Crippen LogP contribution < -0.4 is 5.32 Å². The van der Waals surface area contributed by atoms with Crippen LogP contribution in [0.5, 0.6) is 0 Å². The fraction of sp³-hybridized carbons (Fsp3) is 0.600. The van der Waals surface area contributed by atoms with Gasteiger partial charge in [-0.3, -0.25) is 0 Å². The smallest absolute Gasteiger partial charge is 0.314 e. The van der Waals surface area contributed by atoms with Gasteiger partial charge in [0.15, 0.2) is 0 Å². The van der Waals surface area contributed by atoms with Gasteiger partial charge in [0.2, 0.25) is 0 Å². The SMILES string of the molecule is FC(F)(F)c1cccc(C2CCC2CNC2CC2)c1. The van der Waals surface area contributed by atoms with Crippen LogP contribution in [0, 0.1) is 5.92 Å². The minimum atomic E-state index is -4.23. The Balaban J connectivity index is 1.67. The molecule has 1 aromatic rings. The predicted molar refractivity (Wildman–Crippen MR) is 67.9 cm³/mol. The number of hydrogen-bond acceptors (Lipinski definition) is 1. The van der Waals surface area contributed by atoms with Crippen molar-refractivity contribution in [1.29, 1.82) is 0 Å². The maximum absolute atomic E-state index is 12.7. The van der Waals surface area contributed by atoms with Crippen molar-refractivity contribution in [1.82, 2.24) is 5.32 Å². The standard InChI is InChI=1S/C15H18F3N/c16-15(17,18)12-3-1-2-10(8-12)14-7-4-11(14)9-19-13-5-6-13/h1-3,8,11,13-14,19H,4-7,9H2. The molecule has 2 aliphatic carbocycles. The summed E-state index contributed by atoms with van der Waals surface area (Å²) in [6.07, 6.45) is 0.405. The third kappa shape index (κ3) is 2.94. The van der Waals surface area contributed by atoms with E-state index in [1.807, 2.05) is 6.07 Å². The maximum Gasteiger partial charge on any atom is 0.416 e. The Bertz CT molecular complexity index is 451. The number of alkyl halides is 3. The Hall–Kier alpha value is -1.03. The van der Waals surface area contributed by atoms with E-state index < -0.39 is 11.7 Å². The summed E-state index contributed by atoms with van der Waals surface area (Å²) in [7, 11) is 0. The normalized spacial score (nSPS) is 27.1. The van der Waals surface area contributed by atoms with Crippen molar-refractivity contribution in [3.63, 3.8) is 0 Å². The fourth-order valence-electron chi connectivity index (χ4n) is 2.80. The summed E-state index contributed by atoms with van der Waals surface area (Å²) >= 11 is 0. The zero-order chi connectivity index (χ0) is 13.5. The van der Waals surface area contributed by atoms with Crippen LogP contribution >= 0.6 is 0 Å². The van der Waals surface area contributed by atoms with Crippen LogP contribution in [0.2, 0.25) is 0 Å². The van der Waals surface area contributed by atoms with Crippen LogP contribution in [0.25, 0.3) is 0 Å². The molecule has 3 rings (SSSR count). The second-order valence-corrected chi connectivity index (χ2v) is 5.75. The van der Waals surface area contributed by atoms with Gasteiger partial charge in [-0.1, -0.05) is 18.2 Å². The molecule has 0 radical (unpaired) electrons. The second kappa shape index (κ2) is 4.82. The van der Waals surface area contributed by atoms with Gasteiger partial charge < -0.3 is 5.32 Å². The lowest BCUT2D eigenvalue weighted by atomic mass is 9.69. The van der Waals surface area contributed by atoms with Crippen molar-refractivity contribution in [2.24, 2.45) is 5.92 Å². The minimum Gasteiger partial charge on any atom is -0.314 e. The van der Waals surface area contributed by atoms with E-state index in [1.54, 1.807) is 0 Å². The first-order valence-electron chi connectivity index (χ1n) is 6.94. The van der Waals surface area contributed by atoms with Crippen molar-refractivity contribution in [3.8, 4) is 0 Å². The highest BCUT2D eigenvalue weighted by atomic mass is 19.4. The Morgan fingerprint density at radius 3 is 2.47 bits per heavy atom. The van der Waals surface area contributed by atoms with Crippen LogP contribution in [0.15, 0.2) is 24.3 Å². The van der Waals surface area contributed by atoms with Crippen molar-refractivity contribution in [2.45, 2.75) is 43.8 Å². The van der Waals surface area contributed by atoms with E-state index in [-0.39, 0.29) is 0 Å². The van der Waals surface area contributed by atoms with Gasteiger partial charge in [0, 0.05) is 6.04 Å². The van der Waals surface area contributed by atoms with E-state index in [4.69, 9.17) is 0 Å². The molecule has 0 spiro atoms. The molecule has 2 saturated carbocycles. The first-order chi connectivity index (χ1) is 9.04. The zero-order valence-electron chi connectivity index (χ0n) is 10.7. The maximum atomic E-state index is 12.7. The third-order valence-electron chi connectivity index (χ3n) is 4.31. The van der Waals surface area contributed by atoms with Crippen LogP contribution in [0.4, 0.5) is 13.2 Å². The number of nitrogens with one attached hydrogen (secondary N) is 1. The molecule has 0 aromatic heterocycles. The second-order valence-electron chi connectivity index (χ2n) is 5.75. The van der Waals surface area contributed by atoms with Gasteiger partial charge in [-0.25, -0.2) is 0 Å². The summed E-state index contributed by atoms with van der Waals surface area (Å²) < 4.78 is 38.1. The van der Waals surface area contributed by atoms with Gasteiger partial charge in [0.05, 0.1) is 5.56 Å². The number of benzene rings is 1. The highest BCUT2D eigenvalue weighted by Gasteiger charge is 2.35. The molecule has 1 N–H and O–H groups in total. The lowest BCUT2D eigenvalue weighted by Gasteiger charge is -2.37. The molecule has 0 aliphatic heterocycles. The summed E-state index contributed by atoms with van der Waals surface area (Å²) in [5, 5.41) is 3.48. The molecule has 1 aromatic carbocycles. The van der Waals surface area contributed by atoms with Crippen molar-refractivity contribution in [3.05, 3.63) is 35.4 Å². The van der Waals surface area contributed by atoms with E-state index in [2.05, 4.69) is 5.32 Å². The summed E-state index contributed by atoms with van der Waals surface area (Å²) in [5.74, 6) is 0.803. The third-order valence-corrected chi connectivity index (χ3v) is 4.31. The molecule has 1 nitrogen and oxygen atoms in total. The molecule has 2 fully saturated rings. The molecule has 0 bridgehead atoms. The quantitative estimate of drug-likeness (QED) is 0.872. The Morgan fingerprint density at radius 2 is 1.89 bits per heavy atom. The van der Waals surface area contributed by atoms with E-state index in [0.29, 0.717) is 17.9 Å². The van der Waals surface area contributed by atoms with Gasteiger partial charge in [0.25, 0.3) is 0 Å². The zero-order valence-corrected chi connectivity index (χ0v) is 10.7. The van der Waals surface area contributed by atoms with E-state index in [0.717, 1.165) is 31.0 Å². The summed E-state index contributed by atoms with van der Waals surface area (Å²) in [6.45, 7) is 0.950. The Kier molecular flexibility index (Phi) is 3.29. The molecule has 104 valence electrons. The largest absolute Gasteiger partial charge is 0.416 e. The fourth-order valence-corrected chi connectivity index (χ4v) is 2.80. The molecule has 4 heteroatoms. The molecule has 2 unspecified atom stereocenters. The first-order valence-corrected chi connectivity index (χ1v) is 6.94. The molecule has 0 amide bonds. The lowest BCUT2D eigenvalue weighted by Crippen LogP contribution is -2.34. The average molecular weight is 269 g/mol. The average Bonchev–Trinajstić information content (AvgIpc) is 3.11. The summed E-state index contributed by atoms with van der Waals surface area (Å²) in [5.41, 5.74) is 0.328. The van der Waals surface area contributed by atoms with Crippen LogP contribution in [0.3, 0.4) is 0 Å². The highest BCUT2D eigenvalue weighted by molar-refractivity contribution is 5.30. The van der Waals surface area contributed by atoms with Crippen LogP contribution in [0.1, 0.15) is 42.7 Å². The molecular weight excluding hydrogens is 251 g/mol. The van der Waals surface area contributed by atoms with Crippen LogP contribution in [-0.4, -0.2) is 12.6 Å². The van der Waals surface area contributed by atoms with Gasteiger partial charge in [-0.2, -0.15) is 13.2 Å². The lowest BCUT2D eigenvalue weighted by molar-refractivity contribution is -0.137. The van der Waals surface area contributed by atoms with Gasteiger partial charge in [-0.15, -0.1) is 0 Å². The van der Waals surface area contributed by atoms with Gasteiger partial charge in [-0.05, 0) is 55.7 Å². The Morgan fingerprint density at radius 1 is 1.11 bits per heavy atom. The number of halogens is 3. The topological polar surface area (TPSA) is 12.0 Å². The summed E-state index contributed by atoms with van der Waals surface area (Å²) in [6, 6.07) is 6.52. The van der Waals surface area contributed by atoms with Gasteiger partial charge >= 0.3 is 6.18 Å². The van der Waals surface area contributed by atoms with E-state index in [1.165, 1.54) is 25.0 Å². The highest BCUT2D eigenvalue weighted by Crippen LogP contribution is 2.43. The number of rotatable bonds is 4. The van der Waals surface area contributed by atoms with Crippen molar-refractivity contribution >= 4 is 0 Å². The van der Waals surface area contributed by atoms with Crippen LogP contribution in [-0.2, 0) is 6.18 Å². The molecular formula is C15H18F3N. The van der Waals surface area contributed by atoms with Gasteiger partial charge in [0.1, 0.15) is 0 Å². The predicted octanol–water partition coefficient (Wildman–Crippen LogP) is 3.95. The molecule has 2 atom stereocenters. The first kappa shape index (κ1) is 13.0.